The van der Waals surface area contributed by atoms with E-state index < -0.39 is 0 Å². The fourth-order valence-electron chi connectivity index (χ4n) is 18.2. The first-order valence-corrected chi connectivity index (χ1v) is 37.9. The molecule has 0 saturated heterocycles. The molecule has 11 aromatic carbocycles. The van der Waals surface area contributed by atoms with E-state index in [2.05, 4.69) is 371 Å². The van der Waals surface area contributed by atoms with Crippen molar-refractivity contribution in [2.24, 2.45) is 0 Å². The van der Waals surface area contributed by atoms with Crippen molar-refractivity contribution in [1.82, 2.24) is 4.57 Å². The summed E-state index contributed by atoms with van der Waals surface area (Å²) >= 11 is 0. The van der Waals surface area contributed by atoms with Crippen LogP contribution in [0.2, 0.25) is 0 Å². The number of hydrogen-bond donors (Lipinski definition) is 0. The van der Waals surface area contributed by atoms with Gasteiger partial charge in [0.05, 0.1) is 16.7 Å². The minimum atomic E-state index is -0.170. The van der Waals surface area contributed by atoms with E-state index in [-0.39, 0.29) is 50.0 Å². The van der Waals surface area contributed by atoms with Crippen LogP contribution >= 0.6 is 0 Å². The van der Waals surface area contributed by atoms with Crippen LogP contribution in [-0.4, -0.2) is 11.3 Å². The van der Waals surface area contributed by atoms with Gasteiger partial charge in [0.2, 0.25) is 0 Å². The van der Waals surface area contributed by atoms with E-state index in [1.807, 2.05) is 0 Å². The van der Waals surface area contributed by atoms with Crippen molar-refractivity contribution in [3.8, 4) is 50.2 Å². The topological polar surface area (TPSA) is 11.4 Å². The first-order valence-electron chi connectivity index (χ1n) is 37.9. The molecule has 1 aromatic heterocycles. The Labute approximate surface area is 610 Å². The summed E-state index contributed by atoms with van der Waals surface area (Å²) in [6.07, 6.45) is 4.73. The predicted octanol–water partition coefficient (Wildman–Crippen LogP) is 25.4. The molecule has 0 saturated carbocycles. The Hall–Kier alpha value is -9.12. The van der Waals surface area contributed by atoms with Gasteiger partial charge in [-0.15, -0.1) is 0 Å². The van der Waals surface area contributed by atoms with Gasteiger partial charge in [0.25, 0.3) is 6.71 Å². The zero-order valence-corrected chi connectivity index (χ0v) is 64.5. The first kappa shape index (κ1) is 67.4. The van der Waals surface area contributed by atoms with E-state index in [9.17, 15) is 0 Å². The Morgan fingerprint density at radius 3 is 1.02 bits per heavy atom. The largest absolute Gasteiger partial charge is 0.311 e. The standard InChI is InChI=1S/C98H104BN3/c1-91(2,3)67-37-47-84-74(57-67)75-58-68(92(4,5)6)38-48-85(75)102(84)71-59-88-90-89(60-71)101(70-41-31-62(32-42-70)64-34-44-79-81(54-64)98(19,20)52-50-96(79,15)16)87-46-36-66(73-26-22-24-28-77(73)94(10,11)12)56-83(87)99(90)82-55-65(72-25-21-23-27-76(72)93(7,8)9)35-45-86(82)100(88)69-39-29-61(30-40-69)63-33-43-78-80(53-63)97(17,18)51-49-95(78,13)14/h21-48,53-60H,49-52H2,1-20H3. The molecule has 16 rings (SSSR count). The quantitative estimate of drug-likeness (QED) is 0.147. The Kier molecular flexibility index (Phi) is 15.3. The minimum Gasteiger partial charge on any atom is -0.311 e. The van der Waals surface area contributed by atoms with E-state index in [1.54, 1.807) is 0 Å². The summed E-state index contributed by atoms with van der Waals surface area (Å²) in [7, 11) is 0. The Bertz CT molecular complexity index is 5050. The highest BCUT2D eigenvalue weighted by Gasteiger charge is 2.46. The van der Waals surface area contributed by atoms with Crippen molar-refractivity contribution in [2.75, 3.05) is 9.80 Å². The van der Waals surface area contributed by atoms with Gasteiger partial charge in [-0.3, -0.25) is 0 Å². The van der Waals surface area contributed by atoms with Gasteiger partial charge in [0.1, 0.15) is 0 Å². The number of fused-ring (bicyclic) bond motifs is 9. The zero-order valence-electron chi connectivity index (χ0n) is 64.5. The molecular weight excluding hydrogens is 1230 g/mol. The van der Waals surface area contributed by atoms with Gasteiger partial charge in [0, 0.05) is 44.9 Å². The molecule has 0 radical (unpaired) electrons. The number of anilines is 6. The van der Waals surface area contributed by atoms with Crippen LogP contribution < -0.4 is 26.2 Å². The summed E-state index contributed by atoms with van der Waals surface area (Å²) in [6, 6.07) is 86.8. The maximum absolute atomic E-state index is 2.64. The van der Waals surface area contributed by atoms with Crippen molar-refractivity contribution in [2.45, 2.75) is 207 Å². The number of aromatic nitrogens is 1. The molecule has 3 heterocycles. The van der Waals surface area contributed by atoms with Crippen LogP contribution in [0.4, 0.5) is 34.1 Å². The van der Waals surface area contributed by atoms with E-state index in [0.29, 0.717) is 0 Å². The summed E-state index contributed by atoms with van der Waals surface area (Å²) < 4.78 is 2.60. The second-order valence-corrected chi connectivity index (χ2v) is 37.6. The lowest BCUT2D eigenvalue weighted by molar-refractivity contribution is 0.332. The average molecular weight is 1330 g/mol. The van der Waals surface area contributed by atoms with Gasteiger partial charge >= 0.3 is 0 Å². The molecule has 3 nitrogen and oxygen atoms in total. The molecule has 0 atom stereocenters. The number of nitrogens with zero attached hydrogens (tertiary/aromatic N) is 3. The van der Waals surface area contributed by atoms with Crippen LogP contribution in [0.15, 0.2) is 218 Å². The second-order valence-electron chi connectivity index (χ2n) is 37.6. The average Bonchev–Trinajstić information content (AvgIpc) is 0.978. The van der Waals surface area contributed by atoms with Gasteiger partial charge in [0.15, 0.2) is 0 Å². The lowest BCUT2D eigenvalue weighted by Crippen LogP contribution is -2.61. The van der Waals surface area contributed by atoms with Crippen LogP contribution in [0, 0.1) is 0 Å². The smallest absolute Gasteiger partial charge is 0.252 e. The van der Waals surface area contributed by atoms with Crippen molar-refractivity contribution in [3.63, 3.8) is 0 Å². The van der Waals surface area contributed by atoms with Crippen LogP contribution in [0.1, 0.15) is 209 Å². The molecule has 0 fully saturated rings. The third-order valence-electron chi connectivity index (χ3n) is 24.5. The van der Waals surface area contributed by atoms with E-state index in [1.165, 1.54) is 176 Å². The summed E-state index contributed by atoms with van der Waals surface area (Å²) in [5.74, 6) is 0. The third kappa shape index (κ3) is 11.1. The summed E-state index contributed by atoms with van der Waals surface area (Å²) in [5, 5.41) is 2.55. The molecular formula is C98H104BN3. The molecule has 4 aliphatic rings. The summed E-state index contributed by atoms with van der Waals surface area (Å²) in [4.78, 5) is 5.28. The second kappa shape index (κ2) is 23.2. The zero-order chi connectivity index (χ0) is 71.9. The van der Waals surface area contributed by atoms with Gasteiger partial charge < -0.3 is 14.4 Å². The highest BCUT2D eigenvalue weighted by Crippen LogP contribution is 2.53. The van der Waals surface area contributed by atoms with Crippen LogP contribution in [0.3, 0.4) is 0 Å². The summed E-state index contributed by atoms with van der Waals surface area (Å²) in [5.41, 5.74) is 35.8. The molecule has 0 N–H and O–H groups in total. The molecule has 514 valence electrons. The molecule has 2 aliphatic carbocycles. The van der Waals surface area contributed by atoms with Crippen LogP contribution in [0.5, 0.6) is 0 Å². The molecule has 0 unspecified atom stereocenters. The summed E-state index contributed by atoms with van der Waals surface area (Å²) in [6.45, 7) is 47.5. The van der Waals surface area contributed by atoms with Gasteiger partial charge in [-0.05, 0) is 247 Å². The van der Waals surface area contributed by atoms with Crippen molar-refractivity contribution in [3.05, 3.63) is 263 Å². The predicted molar refractivity (Wildman–Crippen MR) is 442 cm³/mol. The molecule has 0 amide bonds. The molecule has 4 heteroatoms. The number of hydrogen-bond acceptors (Lipinski definition) is 2. The molecule has 0 spiro atoms. The van der Waals surface area contributed by atoms with Crippen molar-refractivity contribution < 1.29 is 0 Å². The van der Waals surface area contributed by atoms with E-state index in [4.69, 9.17) is 0 Å². The lowest BCUT2D eigenvalue weighted by atomic mass is 9.33. The Morgan fingerprint density at radius 2 is 0.647 bits per heavy atom. The third-order valence-corrected chi connectivity index (χ3v) is 24.5. The SMILES string of the molecule is CC(C)(C)c1ccc2c(c1)c1cc(C(C)(C)C)ccc1n2-c1cc2c3c(c1)N(c1ccc(-c4ccc5c(c4)C(C)(C)CCC5(C)C)cc1)c1ccc(-c4ccccc4C(C)(C)C)cc1B3c1cc(-c3ccccc3C(C)(C)C)ccc1N2c1ccc(-c2ccc3c(c2)C(C)(C)CCC3(C)C)cc1. The molecule has 12 aromatic rings. The Morgan fingerprint density at radius 1 is 0.294 bits per heavy atom. The first-order chi connectivity index (χ1) is 48.1. The van der Waals surface area contributed by atoms with Gasteiger partial charge in [-0.1, -0.05) is 284 Å². The molecule has 102 heavy (non-hydrogen) atoms. The van der Waals surface area contributed by atoms with Crippen LogP contribution in [0.25, 0.3) is 72.0 Å². The fourth-order valence-corrected chi connectivity index (χ4v) is 18.2. The molecule has 0 bridgehead atoms. The fraction of sp³-hybridized carbons (Fsp3) is 0.327. The maximum Gasteiger partial charge on any atom is 0.252 e. The lowest BCUT2D eigenvalue weighted by Gasteiger charge is -2.45. The minimum absolute atomic E-state index is 0.0493. The maximum atomic E-state index is 2.64. The van der Waals surface area contributed by atoms with E-state index in [0.717, 1.165) is 17.1 Å². The van der Waals surface area contributed by atoms with E-state index >= 15 is 0 Å². The number of benzene rings is 11. The number of rotatable bonds is 7. The van der Waals surface area contributed by atoms with Crippen molar-refractivity contribution in [1.29, 1.82) is 0 Å². The Balaban J connectivity index is 1.00. The highest BCUT2D eigenvalue weighted by molar-refractivity contribution is 7.00. The van der Waals surface area contributed by atoms with Crippen molar-refractivity contribution >= 4 is 79.0 Å². The van der Waals surface area contributed by atoms with Crippen LogP contribution in [-0.2, 0) is 43.3 Å². The normalized spacial score (nSPS) is 16.5. The van der Waals surface area contributed by atoms with Gasteiger partial charge in [-0.2, -0.15) is 0 Å². The highest BCUT2D eigenvalue weighted by atomic mass is 15.2. The monoisotopic (exact) mass is 1330 g/mol. The van der Waals surface area contributed by atoms with Gasteiger partial charge in [-0.25, -0.2) is 0 Å². The molecule has 2 aliphatic heterocycles.